The van der Waals surface area contributed by atoms with Crippen LogP contribution in [0, 0.1) is 13.8 Å². The fraction of sp³-hybridized carbons (Fsp3) is 0.423. The highest BCUT2D eigenvalue weighted by Crippen LogP contribution is 2.24. The fourth-order valence-corrected chi connectivity index (χ4v) is 4.47. The summed E-state index contributed by atoms with van der Waals surface area (Å²) in [5.41, 5.74) is 3.45. The van der Waals surface area contributed by atoms with Gasteiger partial charge >= 0.3 is 6.03 Å². The summed E-state index contributed by atoms with van der Waals surface area (Å²) in [6, 6.07) is 7.45. The zero-order chi connectivity index (χ0) is 26.4. The first-order chi connectivity index (χ1) is 17.8. The molecule has 2 aromatic heterocycles. The number of aryl methyl sites for hydroxylation is 2. The molecular formula is C26H33ClN8O2. The highest BCUT2D eigenvalue weighted by atomic mass is 35.5. The first kappa shape index (κ1) is 26.4. The molecule has 1 aliphatic heterocycles. The third kappa shape index (κ3) is 6.76. The molecule has 0 aliphatic carbocycles. The summed E-state index contributed by atoms with van der Waals surface area (Å²) in [6.07, 6.45) is 6.03. The van der Waals surface area contributed by atoms with Crippen LogP contribution in [0.5, 0.6) is 0 Å². The lowest BCUT2D eigenvalue weighted by Crippen LogP contribution is -2.58. The average Bonchev–Trinajstić information content (AvgIpc) is 3.43. The summed E-state index contributed by atoms with van der Waals surface area (Å²) in [5.74, 6) is 0.893. The number of hydrogen-bond donors (Lipinski definition) is 2. The van der Waals surface area contributed by atoms with E-state index in [-0.39, 0.29) is 29.6 Å². The second kappa shape index (κ2) is 12.1. The largest absolute Gasteiger partial charge is 0.352 e. The molecule has 1 aromatic carbocycles. The van der Waals surface area contributed by atoms with Crippen LogP contribution in [0.15, 0.2) is 43.0 Å². The van der Waals surface area contributed by atoms with Gasteiger partial charge in [0.05, 0.1) is 6.04 Å². The van der Waals surface area contributed by atoms with E-state index in [2.05, 4.69) is 46.6 Å². The van der Waals surface area contributed by atoms with E-state index in [1.807, 2.05) is 17.9 Å². The second-order valence-electron chi connectivity index (χ2n) is 9.24. The predicted octanol–water partition coefficient (Wildman–Crippen LogP) is 3.25. The van der Waals surface area contributed by atoms with Crippen LogP contribution in [0.2, 0.25) is 5.15 Å². The molecule has 10 nitrogen and oxygen atoms in total. The Labute approximate surface area is 222 Å². The lowest BCUT2D eigenvalue weighted by molar-refractivity contribution is -0.121. The van der Waals surface area contributed by atoms with Crippen LogP contribution in [0.3, 0.4) is 0 Å². The van der Waals surface area contributed by atoms with Gasteiger partial charge in [0.2, 0.25) is 11.9 Å². The van der Waals surface area contributed by atoms with Crippen molar-refractivity contribution in [1.82, 2.24) is 35.1 Å². The lowest BCUT2D eigenvalue weighted by atomic mass is 10.1. The van der Waals surface area contributed by atoms with Crippen molar-refractivity contribution in [2.75, 3.05) is 31.1 Å². The molecule has 1 saturated heterocycles. The molecule has 0 radical (unpaired) electrons. The molecule has 37 heavy (non-hydrogen) atoms. The third-order valence-corrected chi connectivity index (χ3v) is 6.67. The molecule has 3 heterocycles. The van der Waals surface area contributed by atoms with E-state index in [9.17, 15) is 9.59 Å². The van der Waals surface area contributed by atoms with Gasteiger partial charge in [0.25, 0.3) is 0 Å². The number of benzene rings is 1. The summed E-state index contributed by atoms with van der Waals surface area (Å²) < 4.78 is 1.68. The second-order valence-corrected chi connectivity index (χ2v) is 9.63. The molecule has 196 valence electrons. The van der Waals surface area contributed by atoms with Gasteiger partial charge in [0, 0.05) is 57.6 Å². The molecule has 1 atom stereocenters. The predicted molar refractivity (Wildman–Crippen MR) is 143 cm³/mol. The molecule has 0 spiro atoms. The Bertz CT molecular complexity index is 1230. The van der Waals surface area contributed by atoms with Crippen molar-refractivity contribution in [1.29, 1.82) is 0 Å². The summed E-state index contributed by atoms with van der Waals surface area (Å²) in [6.45, 7) is 8.57. The third-order valence-electron chi connectivity index (χ3n) is 6.48. The van der Waals surface area contributed by atoms with Gasteiger partial charge in [-0.3, -0.25) is 9.36 Å². The van der Waals surface area contributed by atoms with Crippen molar-refractivity contribution in [2.45, 2.75) is 46.2 Å². The summed E-state index contributed by atoms with van der Waals surface area (Å²) in [7, 11) is 0. The van der Waals surface area contributed by atoms with Crippen molar-refractivity contribution < 1.29 is 9.59 Å². The number of hydrogen-bond acceptors (Lipinski definition) is 6. The van der Waals surface area contributed by atoms with Crippen LogP contribution in [0.4, 0.5) is 10.6 Å². The summed E-state index contributed by atoms with van der Waals surface area (Å²) >= 11 is 6.35. The number of aromatic nitrogens is 4. The monoisotopic (exact) mass is 524 g/mol. The van der Waals surface area contributed by atoms with E-state index in [0.717, 1.165) is 12.0 Å². The van der Waals surface area contributed by atoms with Gasteiger partial charge in [-0.05, 0) is 37.0 Å². The number of piperazine rings is 1. The SMILES string of the molecule is CCCNC(=O)N1CCN(c2cc(Cl)nc(-n3ccnc3)n2)C(CC(=O)NCc2ccc(C)c(C)c2)C1. The maximum Gasteiger partial charge on any atom is 0.317 e. The van der Waals surface area contributed by atoms with Gasteiger partial charge < -0.3 is 20.4 Å². The Morgan fingerprint density at radius 2 is 1.95 bits per heavy atom. The molecule has 4 rings (SSSR count). The van der Waals surface area contributed by atoms with E-state index < -0.39 is 0 Å². The van der Waals surface area contributed by atoms with E-state index in [1.165, 1.54) is 11.1 Å². The number of nitrogens with zero attached hydrogens (tertiary/aromatic N) is 6. The number of carbonyl (C=O) groups excluding carboxylic acids is 2. The number of anilines is 1. The van der Waals surface area contributed by atoms with Crippen LogP contribution in [-0.2, 0) is 11.3 Å². The molecule has 0 bridgehead atoms. The number of urea groups is 1. The van der Waals surface area contributed by atoms with Crippen molar-refractivity contribution >= 4 is 29.4 Å². The van der Waals surface area contributed by atoms with Crippen molar-refractivity contribution in [3.8, 4) is 5.95 Å². The fourth-order valence-electron chi connectivity index (χ4n) is 4.29. The Morgan fingerprint density at radius 1 is 1.11 bits per heavy atom. The maximum atomic E-state index is 13.1. The van der Waals surface area contributed by atoms with Crippen LogP contribution < -0.4 is 15.5 Å². The molecule has 1 fully saturated rings. The smallest absolute Gasteiger partial charge is 0.317 e. The quantitative estimate of drug-likeness (QED) is 0.438. The minimum atomic E-state index is -0.289. The van der Waals surface area contributed by atoms with E-state index in [0.29, 0.717) is 44.5 Å². The van der Waals surface area contributed by atoms with E-state index in [1.54, 1.807) is 34.3 Å². The maximum absolute atomic E-state index is 13.1. The minimum absolute atomic E-state index is 0.0981. The van der Waals surface area contributed by atoms with Gasteiger partial charge in [0.15, 0.2) is 0 Å². The first-order valence-electron chi connectivity index (χ1n) is 12.5. The normalized spacial score (nSPS) is 15.5. The molecule has 11 heteroatoms. The zero-order valence-corrected chi connectivity index (χ0v) is 22.2. The molecule has 3 aromatic rings. The topological polar surface area (TPSA) is 108 Å². The minimum Gasteiger partial charge on any atom is -0.352 e. The van der Waals surface area contributed by atoms with Gasteiger partial charge in [-0.1, -0.05) is 36.7 Å². The number of nitrogens with one attached hydrogen (secondary N) is 2. The van der Waals surface area contributed by atoms with Gasteiger partial charge in [-0.15, -0.1) is 0 Å². The lowest BCUT2D eigenvalue weighted by Gasteiger charge is -2.42. The number of amides is 3. The molecule has 1 aliphatic rings. The van der Waals surface area contributed by atoms with E-state index >= 15 is 0 Å². The summed E-state index contributed by atoms with van der Waals surface area (Å²) in [4.78, 5) is 42.6. The van der Waals surface area contributed by atoms with Gasteiger partial charge in [-0.25, -0.2) is 14.8 Å². The van der Waals surface area contributed by atoms with Gasteiger partial charge in [0.1, 0.15) is 17.3 Å². The van der Waals surface area contributed by atoms with Crippen molar-refractivity contribution in [2.24, 2.45) is 0 Å². The van der Waals surface area contributed by atoms with Crippen LogP contribution in [0.1, 0.15) is 36.5 Å². The number of rotatable bonds is 8. The Kier molecular flexibility index (Phi) is 8.60. The Balaban J connectivity index is 1.52. The molecule has 0 saturated carbocycles. The molecule has 1 unspecified atom stereocenters. The van der Waals surface area contributed by atoms with Crippen molar-refractivity contribution in [3.63, 3.8) is 0 Å². The first-order valence-corrected chi connectivity index (χ1v) is 12.9. The van der Waals surface area contributed by atoms with Crippen LogP contribution in [-0.4, -0.2) is 68.6 Å². The Hall–Kier alpha value is -3.66. The average molecular weight is 525 g/mol. The zero-order valence-electron chi connectivity index (χ0n) is 21.4. The van der Waals surface area contributed by atoms with Gasteiger partial charge in [-0.2, -0.15) is 4.98 Å². The number of imidazole rings is 1. The highest BCUT2D eigenvalue weighted by Gasteiger charge is 2.32. The number of halogens is 1. The Morgan fingerprint density at radius 3 is 2.68 bits per heavy atom. The van der Waals surface area contributed by atoms with Crippen LogP contribution in [0.25, 0.3) is 5.95 Å². The van der Waals surface area contributed by atoms with Crippen molar-refractivity contribution in [3.05, 3.63) is 64.8 Å². The summed E-state index contributed by atoms with van der Waals surface area (Å²) in [5, 5.41) is 6.25. The number of carbonyl (C=O) groups is 2. The van der Waals surface area contributed by atoms with Crippen LogP contribution >= 0.6 is 11.6 Å². The molecule has 2 N–H and O–H groups in total. The molecular weight excluding hydrogens is 492 g/mol. The highest BCUT2D eigenvalue weighted by molar-refractivity contribution is 6.29. The van der Waals surface area contributed by atoms with E-state index in [4.69, 9.17) is 16.6 Å². The standard InChI is InChI=1S/C26H33ClN8O2/c1-4-7-29-26(37)33-10-11-35(23-14-22(27)31-25(32-23)34-9-8-28-17-34)21(16-33)13-24(36)30-15-20-6-5-18(2)19(3)12-20/h5-6,8-9,12,14,17,21H,4,7,10-11,13,15-16H2,1-3H3,(H,29,37)(H,30,36). The molecule has 3 amide bonds.